The molecule has 3 aromatic carbocycles. The molecule has 0 aromatic heterocycles. The molecular weight excluding hydrogens is 392 g/mol. The monoisotopic (exact) mass is 420 g/mol. The van der Waals surface area contributed by atoms with Crippen LogP contribution in [0.15, 0.2) is 84.9 Å². The summed E-state index contributed by atoms with van der Waals surface area (Å²) in [7, 11) is 0. The van der Waals surface area contributed by atoms with Crippen LogP contribution in [0.1, 0.15) is 35.3 Å². The Labute approximate surface area is 184 Å². The molecule has 156 valence electrons. The van der Waals surface area contributed by atoms with E-state index in [9.17, 15) is 5.11 Å². The SMILES string of the molecule is OC(CCN1CCN(C(c2ccccc2)c2ccccc2)CC1)c1ccc(Cl)cc1. The minimum absolute atomic E-state index is 0.286. The Kier molecular flexibility index (Phi) is 7.19. The van der Waals surface area contributed by atoms with E-state index in [-0.39, 0.29) is 6.04 Å². The summed E-state index contributed by atoms with van der Waals surface area (Å²) >= 11 is 5.95. The van der Waals surface area contributed by atoms with Gasteiger partial charge in [0.1, 0.15) is 0 Å². The molecule has 4 heteroatoms. The molecule has 1 atom stereocenters. The molecule has 0 bridgehead atoms. The van der Waals surface area contributed by atoms with E-state index in [2.05, 4.69) is 70.5 Å². The Morgan fingerprint density at radius 3 is 1.77 bits per heavy atom. The molecule has 1 fully saturated rings. The van der Waals surface area contributed by atoms with Crippen molar-refractivity contribution in [2.75, 3.05) is 32.7 Å². The van der Waals surface area contributed by atoms with Crippen LogP contribution in [0.5, 0.6) is 0 Å². The Hall–Kier alpha value is -2.17. The topological polar surface area (TPSA) is 26.7 Å². The molecule has 0 amide bonds. The van der Waals surface area contributed by atoms with Crippen LogP contribution in [0, 0.1) is 0 Å². The van der Waals surface area contributed by atoms with Crippen LogP contribution in [0.4, 0.5) is 0 Å². The summed E-state index contributed by atoms with van der Waals surface area (Å²) in [4.78, 5) is 5.04. The zero-order chi connectivity index (χ0) is 20.8. The molecular formula is C26H29ClN2O. The molecule has 1 N–H and O–H groups in total. The molecule has 1 aliphatic heterocycles. The summed E-state index contributed by atoms with van der Waals surface area (Å²) in [5, 5.41) is 11.2. The van der Waals surface area contributed by atoms with E-state index in [4.69, 9.17) is 11.6 Å². The van der Waals surface area contributed by atoms with Crippen LogP contribution < -0.4 is 0 Å². The molecule has 4 rings (SSSR count). The number of piperazine rings is 1. The number of benzene rings is 3. The van der Waals surface area contributed by atoms with Crippen molar-refractivity contribution >= 4 is 11.6 Å². The molecule has 0 radical (unpaired) electrons. The molecule has 0 saturated carbocycles. The zero-order valence-corrected chi connectivity index (χ0v) is 18.0. The smallest absolute Gasteiger partial charge is 0.0802 e. The quantitative estimate of drug-likeness (QED) is 0.571. The van der Waals surface area contributed by atoms with Crippen molar-refractivity contribution in [3.05, 3.63) is 107 Å². The fourth-order valence-electron chi connectivity index (χ4n) is 4.29. The molecule has 3 aromatic rings. The van der Waals surface area contributed by atoms with Gasteiger partial charge in [-0.05, 0) is 35.2 Å². The molecule has 0 spiro atoms. The maximum atomic E-state index is 10.5. The molecule has 0 aliphatic carbocycles. The van der Waals surface area contributed by atoms with Crippen molar-refractivity contribution in [3.8, 4) is 0 Å². The van der Waals surface area contributed by atoms with Gasteiger partial charge in [-0.1, -0.05) is 84.4 Å². The first-order valence-corrected chi connectivity index (χ1v) is 11.1. The largest absolute Gasteiger partial charge is 0.388 e. The lowest BCUT2D eigenvalue weighted by Crippen LogP contribution is -2.48. The van der Waals surface area contributed by atoms with Gasteiger partial charge in [-0.15, -0.1) is 0 Å². The van der Waals surface area contributed by atoms with Crippen molar-refractivity contribution < 1.29 is 5.11 Å². The van der Waals surface area contributed by atoms with Gasteiger partial charge in [0.2, 0.25) is 0 Å². The van der Waals surface area contributed by atoms with Crippen molar-refractivity contribution in [2.45, 2.75) is 18.6 Å². The second-order valence-electron chi connectivity index (χ2n) is 7.96. The van der Waals surface area contributed by atoms with Crippen LogP contribution in [-0.4, -0.2) is 47.6 Å². The summed E-state index contributed by atoms with van der Waals surface area (Å²) in [6.45, 7) is 4.98. The van der Waals surface area contributed by atoms with Crippen molar-refractivity contribution in [3.63, 3.8) is 0 Å². The minimum Gasteiger partial charge on any atom is -0.388 e. The lowest BCUT2D eigenvalue weighted by atomic mass is 9.96. The highest BCUT2D eigenvalue weighted by atomic mass is 35.5. The number of rotatable bonds is 7. The number of aliphatic hydroxyl groups excluding tert-OH is 1. The van der Waals surface area contributed by atoms with Gasteiger partial charge >= 0.3 is 0 Å². The van der Waals surface area contributed by atoms with Crippen LogP contribution in [0.25, 0.3) is 0 Å². The van der Waals surface area contributed by atoms with Gasteiger partial charge in [0.05, 0.1) is 12.1 Å². The van der Waals surface area contributed by atoms with Crippen LogP contribution in [-0.2, 0) is 0 Å². The number of hydrogen-bond acceptors (Lipinski definition) is 3. The van der Waals surface area contributed by atoms with Gasteiger partial charge in [-0.2, -0.15) is 0 Å². The fourth-order valence-corrected chi connectivity index (χ4v) is 4.41. The fraction of sp³-hybridized carbons (Fsp3) is 0.308. The van der Waals surface area contributed by atoms with Crippen molar-refractivity contribution in [1.82, 2.24) is 9.80 Å². The molecule has 1 saturated heterocycles. The van der Waals surface area contributed by atoms with E-state index in [1.165, 1.54) is 11.1 Å². The summed E-state index contributed by atoms with van der Waals surface area (Å²) in [6.07, 6.45) is 0.296. The lowest BCUT2D eigenvalue weighted by Gasteiger charge is -2.40. The van der Waals surface area contributed by atoms with Gasteiger partial charge < -0.3 is 10.0 Å². The summed E-state index contributed by atoms with van der Waals surface area (Å²) in [5.41, 5.74) is 3.62. The Bertz CT molecular complexity index is 854. The second kappa shape index (κ2) is 10.2. The van der Waals surface area contributed by atoms with Gasteiger partial charge in [0.15, 0.2) is 0 Å². The third kappa shape index (κ3) is 5.30. The molecule has 1 heterocycles. The third-order valence-corrected chi connectivity index (χ3v) is 6.23. The van der Waals surface area contributed by atoms with E-state index in [1.807, 2.05) is 24.3 Å². The standard InChI is InChI=1S/C26H29ClN2O/c27-24-13-11-21(12-14-24)25(30)15-16-28-17-19-29(20-18-28)26(22-7-3-1-4-8-22)23-9-5-2-6-10-23/h1-14,25-26,30H,15-20H2. The number of nitrogens with zero attached hydrogens (tertiary/aromatic N) is 2. The van der Waals surface area contributed by atoms with E-state index >= 15 is 0 Å². The average molecular weight is 421 g/mol. The number of halogens is 1. The van der Waals surface area contributed by atoms with Gasteiger partial charge in [0, 0.05) is 37.7 Å². The van der Waals surface area contributed by atoms with Crippen LogP contribution in [0.3, 0.4) is 0 Å². The number of hydrogen-bond donors (Lipinski definition) is 1. The third-order valence-electron chi connectivity index (χ3n) is 5.98. The first-order valence-electron chi connectivity index (χ1n) is 10.7. The number of aliphatic hydroxyl groups is 1. The summed E-state index contributed by atoms with van der Waals surface area (Å²) < 4.78 is 0. The van der Waals surface area contributed by atoms with E-state index in [1.54, 1.807) is 0 Å². The predicted molar refractivity (Wildman–Crippen MR) is 124 cm³/mol. The highest BCUT2D eigenvalue weighted by molar-refractivity contribution is 6.30. The van der Waals surface area contributed by atoms with Crippen molar-refractivity contribution in [1.29, 1.82) is 0 Å². The molecule has 1 unspecified atom stereocenters. The van der Waals surface area contributed by atoms with Gasteiger partial charge in [-0.25, -0.2) is 0 Å². The van der Waals surface area contributed by atoms with Gasteiger partial charge in [-0.3, -0.25) is 4.90 Å². The Balaban J connectivity index is 1.36. The van der Waals surface area contributed by atoms with Crippen LogP contribution in [0.2, 0.25) is 5.02 Å². The van der Waals surface area contributed by atoms with E-state index in [0.717, 1.165) is 44.7 Å². The minimum atomic E-state index is -0.443. The highest BCUT2D eigenvalue weighted by Gasteiger charge is 2.26. The zero-order valence-electron chi connectivity index (χ0n) is 17.2. The maximum Gasteiger partial charge on any atom is 0.0802 e. The second-order valence-corrected chi connectivity index (χ2v) is 8.39. The highest BCUT2D eigenvalue weighted by Crippen LogP contribution is 2.29. The Morgan fingerprint density at radius 2 is 1.23 bits per heavy atom. The van der Waals surface area contributed by atoms with E-state index < -0.39 is 6.10 Å². The molecule has 3 nitrogen and oxygen atoms in total. The first kappa shape index (κ1) is 21.1. The average Bonchev–Trinajstić information content (AvgIpc) is 2.80. The van der Waals surface area contributed by atoms with Crippen molar-refractivity contribution in [2.24, 2.45) is 0 Å². The lowest BCUT2D eigenvalue weighted by molar-refractivity contribution is 0.0887. The summed E-state index contributed by atoms with van der Waals surface area (Å²) in [6, 6.07) is 29.4. The predicted octanol–water partition coefficient (Wildman–Crippen LogP) is 5.17. The molecule has 30 heavy (non-hydrogen) atoms. The van der Waals surface area contributed by atoms with E-state index in [0.29, 0.717) is 5.02 Å². The van der Waals surface area contributed by atoms with Gasteiger partial charge in [0.25, 0.3) is 0 Å². The summed E-state index contributed by atoms with van der Waals surface area (Å²) in [5.74, 6) is 0. The maximum absolute atomic E-state index is 10.5. The molecule has 1 aliphatic rings. The first-order chi connectivity index (χ1) is 14.7. The Morgan fingerprint density at radius 1 is 0.700 bits per heavy atom. The van der Waals surface area contributed by atoms with Crippen LogP contribution >= 0.6 is 11.6 Å². The normalized spacial score (nSPS) is 16.6.